The molecule has 0 radical (unpaired) electrons. The van der Waals surface area contributed by atoms with E-state index in [1.165, 1.54) is 23.6 Å². The molecule has 3 rings (SSSR count). The van der Waals surface area contributed by atoms with Crippen LogP contribution in [0, 0.1) is 6.92 Å². The van der Waals surface area contributed by atoms with Crippen LogP contribution >= 0.6 is 0 Å². The molecule has 100 valence electrons. The third-order valence-corrected chi connectivity index (χ3v) is 4.06. The first-order valence-corrected chi connectivity index (χ1v) is 6.94. The molecule has 0 atom stereocenters. The molecular formula is C15H20N4. The van der Waals surface area contributed by atoms with Gasteiger partial charge in [0, 0.05) is 29.9 Å². The third-order valence-electron chi connectivity index (χ3n) is 4.06. The van der Waals surface area contributed by atoms with Crippen molar-refractivity contribution in [3.05, 3.63) is 30.0 Å². The van der Waals surface area contributed by atoms with Crippen molar-refractivity contribution in [1.82, 2.24) is 15.5 Å². The van der Waals surface area contributed by atoms with Crippen molar-refractivity contribution in [3.63, 3.8) is 0 Å². The molecule has 1 aromatic heterocycles. The molecule has 19 heavy (non-hydrogen) atoms. The van der Waals surface area contributed by atoms with Gasteiger partial charge in [0.2, 0.25) is 0 Å². The smallest absolute Gasteiger partial charge is 0.159 e. The summed E-state index contributed by atoms with van der Waals surface area (Å²) in [4.78, 5) is 2.36. The van der Waals surface area contributed by atoms with E-state index in [2.05, 4.69) is 44.7 Å². The van der Waals surface area contributed by atoms with E-state index in [-0.39, 0.29) is 0 Å². The molecule has 4 nitrogen and oxygen atoms in total. The van der Waals surface area contributed by atoms with Crippen molar-refractivity contribution in [1.29, 1.82) is 0 Å². The van der Waals surface area contributed by atoms with Crippen molar-refractivity contribution in [2.45, 2.75) is 25.8 Å². The summed E-state index contributed by atoms with van der Waals surface area (Å²) in [6.45, 7) is 4.12. The first kappa shape index (κ1) is 12.4. The molecule has 1 fully saturated rings. The Hall–Kier alpha value is -1.68. The number of hydrogen-bond acceptors (Lipinski definition) is 4. The summed E-state index contributed by atoms with van der Waals surface area (Å²) in [6.07, 6.45) is 2.33. The molecule has 0 saturated carbocycles. The lowest BCUT2D eigenvalue weighted by Crippen LogP contribution is -2.41. The lowest BCUT2D eigenvalue weighted by molar-refractivity contribution is 0.440. The van der Waals surface area contributed by atoms with Crippen LogP contribution in [0.5, 0.6) is 0 Å². The maximum absolute atomic E-state index is 4.44. The van der Waals surface area contributed by atoms with Gasteiger partial charge in [0.05, 0.1) is 5.69 Å². The molecule has 4 heteroatoms. The topological polar surface area (TPSA) is 41.0 Å². The SMILES string of the molecule is CNC1CCN(c2nnc(C)c3ccccc23)CC1. The number of nitrogens with zero attached hydrogens (tertiary/aromatic N) is 3. The zero-order valence-electron chi connectivity index (χ0n) is 11.6. The minimum atomic E-state index is 0.640. The highest BCUT2D eigenvalue weighted by Crippen LogP contribution is 2.27. The van der Waals surface area contributed by atoms with Gasteiger partial charge >= 0.3 is 0 Å². The Bertz CT molecular complexity index is 573. The van der Waals surface area contributed by atoms with Gasteiger partial charge in [-0.2, -0.15) is 5.10 Å². The quantitative estimate of drug-likeness (QED) is 0.893. The van der Waals surface area contributed by atoms with Crippen molar-refractivity contribution >= 4 is 16.6 Å². The molecule has 1 aromatic carbocycles. The summed E-state index contributed by atoms with van der Waals surface area (Å²) in [5, 5.41) is 14.5. The van der Waals surface area contributed by atoms with Crippen molar-refractivity contribution in [2.75, 3.05) is 25.0 Å². The predicted molar refractivity (Wildman–Crippen MR) is 78.6 cm³/mol. The standard InChI is InChI=1S/C15H20N4/c1-11-13-5-3-4-6-14(13)15(18-17-11)19-9-7-12(16-2)8-10-19/h3-6,12,16H,7-10H2,1-2H3. The monoisotopic (exact) mass is 256 g/mol. The molecule has 0 unspecified atom stereocenters. The molecule has 0 amide bonds. The number of aryl methyl sites for hydroxylation is 1. The Kier molecular flexibility index (Phi) is 3.34. The van der Waals surface area contributed by atoms with Crippen LogP contribution in [0.25, 0.3) is 10.8 Å². The van der Waals surface area contributed by atoms with Gasteiger partial charge in [-0.15, -0.1) is 5.10 Å². The lowest BCUT2D eigenvalue weighted by atomic mass is 10.0. The minimum absolute atomic E-state index is 0.640. The van der Waals surface area contributed by atoms with E-state index >= 15 is 0 Å². The highest BCUT2D eigenvalue weighted by Gasteiger charge is 2.20. The summed E-state index contributed by atoms with van der Waals surface area (Å²) in [6, 6.07) is 9.06. The van der Waals surface area contributed by atoms with Gasteiger partial charge in [0.25, 0.3) is 0 Å². The molecule has 1 aliphatic heterocycles. The van der Waals surface area contributed by atoms with Crippen molar-refractivity contribution in [2.24, 2.45) is 0 Å². The maximum atomic E-state index is 4.44. The highest BCUT2D eigenvalue weighted by molar-refractivity contribution is 5.93. The second-order valence-corrected chi connectivity index (χ2v) is 5.20. The van der Waals surface area contributed by atoms with E-state index in [0.717, 1.165) is 24.6 Å². The highest BCUT2D eigenvalue weighted by atomic mass is 15.3. The van der Waals surface area contributed by atoms with E-state index in [1.54, 1.807) is 0 Å². The van der Waals surface area contributed by atoms with E-state index in [9.17, 15) is 0 Å². The average Bonchev–Trinajstić information content (AvgIpc) is 2.48. The van der Waals surface area contributed by atoms with Crippen molar-refractivity contribution in [3.8, 4) is 0 Å². The number of rotatable bonds is 2. The van der Waals surface area contributed by atoms with Gasteiger partial charge in [-0.25, -0.2) is 0 Å². The van der Waals surface area contributed by atoms with E-state index in [1.807, 2.05) is 14.0 Å². The Labute approximate surface area is 113 Å². The molecule has 0 spiro atoms. The normalized spacial score (nSPS) is 17.1. The van der Waals surface area contributed by atoms with Crippen LogP contribution in [0.3, 0.4) is 0 Å². The Balaban J connectivity index is 1.95. The molecule has 2 aromatic rings. The molecule has 0 aliphatic carbocycles. The summed E-state index contributed by atoms with van der Waals surface area (Å²) in [7, 11) is 2.04. The largest absolute Gasteiger partial charge is 0.354 e. The number of hydrogen-bond donors (Lipinski definition) is 1. The number of anilines is 1. The van der Waals surface area contributed by atoms with Gasteiger partial charge in [0.1, 0.15) is 0 Å². The van der Waals surface area contributed by atoms with E-state index in [0.29, 0.717) is 6.04 Å². The molecule has 0 bridgehead atoms. The second-order valence-electron chi connectivity index (χ2n) is 5.20. The molecular weight excluding hydrogens is 236 g/mol. The number of piperidine rings is 1. The van der Waals surface area contributed by atoms with Crippen LogP contribution in [0.2, 0.25) is 0 Å². The number of fused-ring (bicyclic) bond motifs is 1. The zero-order valence-corrected chi connectivity index (χ0v) is 11.6. The predicted octanol–water partition coefficient (Wildman–Crippen LogP) is 2.13. The molecule has 1 aliphatic rings. The summed E-state index contributed by atoms with van der Waals surface area (Å²) in [5.41, 5.74) is 1.00. The van der Waals surface area contributed by atoms with Crippen LogP contribution < -0.4 is 10.2 Å². The Morgan fingerprint density at radius 2 is 1.79 bits per heavy atom. The molecule has 1 N–H and O–H groups in total. The fourth-order valence-corrected chi connectivity index (χ4v) is 2.84. The van der Waals surface area contributed by atoms with Crippen molar-refractivity contribution < 1.29 is 0 Å². The van der Waals surface area contributed by atoms with Gasteiger partial charge in [-0.1, -0.05) is 24.3 Å². The van der Waals surface area contributed by atoms with Crippen LogP contribution in [0.1, 0.15) is 18.5 Å². The second kappa shape index (κ2) is 5.13. The summed E-state index contributed by atoms with van der Waals surface area (Å²) in [5.74, 6) is 1.04. The first-order chi connectivity index (χ1) is 9.29. The number of nitrogens with one attached hydrogen (secondary N) is 1. The zero-order chi connectivity index (χ0) is 13.2. The van der Waals surface area contributed by atoms with Crippen LogP contribution in [0.15, 0.2) is 24.3 Å². The average molecular weight is 256 g/mol. The number of aromatic nitrogens is 2. The van der Waals surface area contributed by atoms with Crippen LogP contribution in [0.4, 0.5) is 5.82 Å². The first-order valence-electron chi connectivity index (χ1n) is 6.94. The fraction of sp³-hybridized carbons (Fsp3) is 0.467. The Morgan fingerprint density at radius 3 is 2.47 bits per heavy atom. The summed E-state index contributed by atoms with van der Waals surface area (Å²) < 4.78 is 0. The van der Waals surface area contributed by atoms with Gasteiger partial charge < -0.3 is 10.2 Å². The Morgan fingerprint density at radius 1 is 1.11 bits per heavy atom. The summed E-state index contributed by atoms with van der Waals surface area (Å²) >= 11 is 0. The molecule has 1 saturated heterocycles. The minimum Gasteiger partial charge on any atom is -0.354 e. The third kappa shape index (κ3) is 2.28. The lowest BCUT2D eigenvalue weighted by Gasteiger charge is -2.33. The van der Waals surface area contributed by atoms with E-state index in [4.69, 9.17) is 0 Å². The van der Waals surface area contributed by atoms with Crippen LogP contribution in [-0.4, -0.2) is 36.4 Å². The van der Waals surface area contributed by atoms with E-state index < -0.39 is 0 Å². The van der Waals surface area contributed by atoms with Gasteiger partial charge in [-0.05, 0) is 26.8 Å². The number of benzene rings is 1. The fourth-order valence-electron chi connectivity index (χ4n) is 2.84. The van der Waals surface area contributed by atoms with Gasteiger partial charge in [0.15, 0.2) is 5.82 Å². The van der Waals surface area contributed by atoms with Crippen LogP contribution in [-0.2, 0) is 0 Å². The molecule has 2 heterocycles. The van der Waals surface area contributed by atoms with Gasteiger partial charge in [-0.3, -0.25) is 0 Å². The maximum Gasteiger partial charge on any atom is 0.159 e.